The van der Waals surface area contributed by atoms with Crippen LogP contribution in [0.15, 0.2) is 54.6 Å². The highest BCUT2D eigenvalue weighted by molar-refractivity contribution is 5.83. The molecule has 2 atom stereocenters. The summed E-state index contributed by atoms with van der Waals surface area (Å²) < 4.78 is 6.07. The van der Waals surface area contributed by atoms with E-state index in [1.807, 2.05) is 6.07 Å². The van der Waals surface area contributed by atoms with Crippen LogP contribution in [0.2, 0.25) is 0 Å². The molecule has 2 aromatic rings. The lowest BCUT2D eigenvalue weighted by atomic mass is 9.78. The molecule has 116 valence electrons. The highest BCUT2D eigenvalue weighted by Gasteiger charge is 2.51. The van der Waals surface area contributed by atoms with Gasteiger partial charge in [-0.3, -0.25) is 4.79 Å². The van der Waals surface area contributed by atoms with Gasteiger partial charge in [-0.15, -0.1) is 0 Å². The first-order chi connectivity index (χ1) is 11.1. The van der Waals surface area contributed by atoms with Crippen LogP contribution in [-0.2, 0) is 28.0 Å². The highest BCUT2D eigenvalue weighted by atomic mass is 16.6. The van der Waals surface area contributed by atoms with Crippen molar-refractivity contribution >= 4 is 11.5 Å². The smallest absolute Gasteiger partial charge is 0.303 e. The molecule has 0 N–H and O–H groups in total. The molecule has 0 spiro atoms. The van der Waals surface area contributed by atoms with Crippen LogP contribution in [0.5, 0.6) is 0 Å². The Labute approximate surface area is 136 Å². The van der Waals surface area contributed by atoms with E-state index >= 15 is 0 Å². The number of esters is 1. The lowest BCUT2D eigenvalue weighted by Crippen LogP contribution is -2.36. The summed E-state index contributed by atoms with van der Waals surface area (Å²) in [6.45, 7) is 3.70. The third-order valence-electron chi connectivity index (χ3n) is 5.18. The molecule has 0 aromatic heterocycles. The molecule has 2 heteroatoms. The van der Waals surface area contributed by atoms with Crippen molar-refractivity contribution in [1.82, 2.24) is 0 Å². The molecule has 2 aromatic carbocycles. The zero-order valence-corrected chi connectivity index (χ0v) is 13.5. The minimum Gasteiger partial charge on any atom is -0.449 e. The first-order valence-corrected chi connectivity index (χ1v) is 8.20. The number of benzene rings is 2. The molecule has 0 saturated carbocycles. The lowest BCUT2D eigenvalue weighted by Gasteiger charge is -2.36. The van der Waals surface area contributed by atoms with Crippen molar-refractivity contribution in [3.63, 3.8) is 0 Å². The quantitative estimate of drug-likeness (QED) is 0.774. The normalized spacial score (nSPS) is 24.8. The molecule has 0 heterocycles. The van der Waals surface area contributed by atoms with E-state index in [0.717, 1.165) is 24.0 Å². The average molecular weight is 304 g/mol. The van der Waals surface area contributed by atoms with Crippen molar-refractivity contribution in [1.29, 1.82) is 0 Å². The first kappa shape index (κ1) is 14.3. The number of hydrogen-bond donors (Lipinski definition) is 0. The number of rotatable bonds is 2. The topological polar surface area (TPSA) is 26.3 Å². The maximum absolute atomic E-state index is 12.0. The molecule has 2 nitrogen and oxygen atoms in total. The highest BCUT2D eigenvalue weighted by Crippen LogP contribution is 2.54. The van der Waals surface area contributed by atoms with Crippen molar-refractivity contribution in [2.24, 2.45) is 5.92 Å². The monoisotopic (exact) mass is 304 g/mol. The largest absolute Gasteiger partial charge is 0.449 e. The van der Waals surface area contributed by atoms with E-state index < -0.39 is 5.60 Å². The zero-order valence-electron chi connectivity index (χ0n) is 13.5. The Morgan fingerprint density at radius 2 is 1.78 bits per heavy atom. The summed E-state index contributed by atoms with van der Waals surface area (Å²) in [7, 11) is 0. The van der Waals surface area contributed by atoms with Gasteiger partial charge in [0.25, 0.3) is 0 Å². The lowest BCUT2D eigenvalue weighted by molar-refractivity contribution is -0.155. The predicted molar refractivity (Wildman–Crippen MR) is 90.9 cm³/mol. The fourth-order valence-corrected chi connectivity index (χ4v) is 4.28. The maximum Gasteiger partial charge on any atom is 0.303 e. The van der Waals surface area contributed by atoms with Crippen LogP contribution in [-0.4, -0.2) is 5.97 Å². The Morgan fingerprint density at radius 3 is 2.57 bits per heavy atom. The van der Waals surface area contributed by atoms with Crippen LogP contribution in [0.25, 0.3) is 5.57 Å². The van der Waals surface area contributed by atoms with Gasteiger partial charge in [-0.2, -0.15) is 0 Å². The van der Waals surface area contributed by atoms with Crippen LogP contribution >= 0.6 is 0 Å². The zero-order chi connectivity index (χ0) is 16.0. The second-order valence-electron chi connectivity index (χ2n) is 6.57. The van der Waals surface area contributed by atoms with Gasteiger partial charge in [-0.25, -0.2) is 0 Å². The van der Waals surface area contributed by atoms with Gasteiger partial charge >= 0.3 is 5.97 Å². The molecule has 0 fully saturated rings. The van der Waals surface area contributed by atoms with E-state index in [-0.39, 0.29) is 11.9 Å². The maximum atomic E-state index is 12.0. The molecule has 0 bridgehead atoms. The van der Waals surface area contributed by atoms with Gasteiger partial charge in [0.15, 0.2) is 5.60 Å². The third-order valence-corrected chi connectivity index (χ3v) is 5.18. The Bertz CT molecular complexity index is 818. The van der Waals surface area contributed by atoms with Crippen LogP contribution in [0.3, 0.4) is 0 Å². The van der Waals surface area contributed by atoms with Crippen LogP contribution in [0.4, 0.5) is 0 Å². The van der Waals surface area contributed by atoms with Crippen molar-refractivity contribution in [2.75, 3.05) is 0 Å². The summed E-state index contributed by atoms with van der Waals surface area (Å²) in [6, 6.07) is 16.8. The Kier molecular flexibility index (Phi) is 3.15. The molecular formula is C21H20O2. The van der Waals surface area contributed by atoms with Crippen LogP contribution in [0, 0.1) is 5.92 Å². The number of allylic oxidation sites excluding steroid dienone is 1. The Morgan fingerprint density at radius 1 is 1.09 bits per heavy atom. The van der Waals surface area contributed by atoms with Crippen LogP contribution in [0.1, 0.15) is 36.1 Å². The molecule has 0 aliphatic heterocycles. The standard InChI is InChI=1S/C21H20O2/c1-14-13-17-8-4-6-10-19(17)21(14,23-15(2)22)20-12-11-16-7-3-5-9-18(16)20/h3-10,12,14H,11,13H2,1-2H3. The minimum atomic E-state index is -0.658. The Hall–Kier alpha value is -2.35. The molecule has 2 aliphatic carbocycles. The Balaban J connectivity index is 1.95. The summed E-state index contributed by atoms with van der Waals surface area (Å²) in [5.41, 5.74) is 5.45. The molecular weight excluding hydrogens is 284 g/mol. The van der Waals surface area contributed by atoms with Gasteiger partial charge in [0.05, 0.1) is 0 Å². The SMILES string of the molecule is CC(=O)OC1(C2=CCc3ccccc32)c2ccccc2CC1C. The minimum absolute atomic E-state index is 0.223. The average Bonchev–Trinajstić information content (AvgIpc) is 3.07. The number of carbonyl (C=O) groups excluding carboxylic acids is 1. The summed E-state index contributed by atoms with van der Waals surface area (Å²) in [4.78, 5) is 12.0. The third kappa shape index (κ3) is 1.98. The van der Waals surface area contributed by atoms with Gasteiger partial charge < -0.3 is 4.74 Å². The van der Waals surface area contributed by atoms with Gasteiger partial charge in [0.1, 0.15) is 0 Å². The predicted octanol–water partition coefficient (Wildman–Crippen LogP) is 4.28. The molecule has 2 unspecified atom stereocenters. The van der Waals surface area contributed by atoms with Gasteiger partial charge in [0, 0.05) is 24.0 Å². The number of carbonyl (C=O) groups is 1. The van der Waals surface area contributed by atoms with Gasteiger partial charge in [0.2, 0.25) is 0 Å². The number of ether oxygens (including phenoxy) is 1. The molecule has 0 saturated heterocycles. The summed E-state index contributed by atoms with van der Waals surface area (Å²) in [5.74, 6) is 0.0000373. The molecule has 23 heavy (non-hydrogen) atoms. The second kappa shape index (κ2) is 5.09. The van der Waals surface area contributed by atoms with Crippen molar-refractivity contribution in [3.8, 4) is 0 Å². The van der Waals surface area contributed by atoms with Crippen molar-refractivity contribution in [3.05, 3.63) is 76.9 Å². The van der Waals surface area contributed by atoms with E-state index in [0.29, 0.717) is 0 Å². The molecule has 4 rings (SSSR count). The summed E-state index contributed by atoms with van der Waals surface area (Å²) >= 11 is 0. The van der Waals surface area contributed by atoms with E-state index in [1.54, 1.807) is 0 Å². The number of fused-ring (bicyclic) bond motifs is 2. The van der Waals surface area contributed by atoms with E-state index in [1.165, 1.54) is 23.6 Å². The van der Waals surface area contributed by atoms with Crippen LogP contribution < -0.4 is 0 Å². The molecule has 0 amide bonds. The van der Waals surface area contributed by atoms with E-state index in [2.05, 4.69) is 55.5 Å². The van der Waals surface area contributed by atoms with E-state index in [4.69, 9.17) is 4.74 Å². The van der Waals surface area contributed by atoms with Crippen molar-refractivity contribution < 1.29 is 9.53 Å². The molecule has 0 radical (unpaired) electrons. The van der Waals surface area contributed by atoms with E-state index in [9.17, 15) is 4.79 Å². The summed E-state index contributed by atoms with van der Waals surface area (Å²) in [6.07, 6.45) is 4.08. The first-order valence-electron chi connectivity index (χ1n) is 8.20. The van der Waals surface area contributed by atoms with Gasteiger partial charge in [-0.05, 0) is 29.5 Å². The fourth-order valence-electron chi connectivity index (χ4n) is 4.28. The molecule has 2 aliphatic rings. The van der Waals surface area contributed by atoms with Crippen molar-refractivity contribution in [2.45, 2.75) is 32.3 Å². The fraction of sp³-hybridized carbons (Fsp3) is 0.286. The second-order valence-corrected chi connectivity index (χ2v) is 6.57. The summed E-state index contributed by atoms with van der Waals surface area (Å²) in [5, 5.41) is 0. The van der Waals surface area contributed by atoms with Gasteiger partial charge in [-0.1, -0.05) is 61.5 Å². The number of hydrogen-bond acceptors (Lipinski definition) is 2.